The van der Waals surface area contributed by atoms with Crippen LogP contribution in [0.15, 0.2) is 17.9 Å². The lowest BCUT2D eigenvalue weighted by Crippen LogP contribution is -2.37. The number of aliphatic hydroxyl groups is 4. The zero-order valence-corrected chi connectivity index (χ0v) is 37.7. The summed E-state index contributed by atoms with van der Waals surface area (Å²) in [5.41, 5.74) is -0.635. The molecule has 0 aromatic heterocycles. The summed E-state index contributed by atoms with van der Waals surface area (Å²) in [5, 5.41) is 43.0. The van der Waals surface area contributed by atoms with Crippen molar-refractivity contribution in [3.05, 3.63) is 54.1 Å². The summed E-state index contributed by atoms with van der Waals surface area (Å²) < 4.78 is 27.0. The highest BCUT2D eigenvalue weighted by molar-refractivity contribution is 9.15. The Morgan fingerprint density at radius 1 is 0.680 bits per heavy atom. The average molecular weight is 1090 g/mol. The Balaban J connectivity index is 0.000000627. The molecule has 0 saturated carbocycles. The molecule has 1 unspecified atom stereocenters. The van der Waals surface area contributed by atoms with Gasteiger partial charge in [-0.15, -0.1) is 0 Å². The molecule has 12 nitrogen and oxygen atoms in total. The molecule has 0 spiro atoms. The number of carbonyl (C=O) groups is 2. The highest BCUT2D eigenvalue weighted by Crippen LogP contribution is 2.47. The van der Waals surface area contributed by atoms with E-state index in [1.54, 1.807) is 0 Å². The lowest BCUT2D eigenvalue weighted by Gasteiger charge is -2.23. The second kappa shape index (κ2) is 25.8. The highest BCUT2D eigenvalue weighted by Gasteiger charge is 2.37. The fourth-order valence-electron chi connectivity index (χ4n) is 2.62. The van der Waals surface area contributed by atoms with Crippen molar-refractivity contribution in [1.82, 2.24) is 0 Å². The molecule has 0 radical (unpaired) electrons. The number of halogens is 9. The molecule has 2 heterocycles. The summed E-state index contributed by atoms with van der Waals surface area (Å²) in [4.78, 5) is 22.8. The first-order chi connectivity index (χ1) is 23.4. The van der Waals surface area contributed by atoms with Crippen molar-refractivity contribution >= 4 is 142 Å². The van der Waals surface area contributed by atoms with E-state index in [0.717, 1.165) is 6.61 Å². The number of benzene rings is 2. The predicted octanol–water partition coefficient (Wildman–Crippen LogP) is 9.38. The molecular formula is C28H34Br4Cl5O12P. The molecule has 2 aromatic carbocycles. The predicted molar refractivity (Wildman–Crippen MR) is 208 cm³/mol. The Morgan fingerprint density at radius 3 is 1.18 bits per heavy atom. The molecule has 1 saturated heterocycles. The van der Waals surface area contributed by atoms with Crippen LogP contribution in [0, 0.1) is 5.41 Å². The van der Waals surface area contributed by atoms with E-state index < -0.39 is 52.4 Å². The van der Waals surface area contributed by atoms with Crippen LogP contribution in [-0.4, -0.2) is 96.4 Å². The van der Waals surface area contributed by atoms with Gasteiger partial charge in [-0.25, -0.2) is 9.59 Å². The van der Waals surface area contributed by atoms with Crippen LogP contribution in [0.5, 0.6) is 5.75 Å². The first-order valence-electron chi connectivity index (χ1n) is 14.0. The number of fused-ring (bicyclic) bond motifs is 1. The number of aliphatic hydroxyl groups excluding tert-OH is 4. The minimum absolute atomic E-state index is 0.00904. The molecule has 2 aliphatic heterocycles. The van der Waals surface area contributed by atoms with Crippen LogP contribution in [0.1, 0.15) is 48.4 Å². The molecule has 0 aliphatic carbocycles. The highest BCUT2D eigenvalue weighted by atomic mass is 79.9. The Morgan fingerprint density at radius 2 is 0.960 bits per heavy atom. The van der Waals surface area contributed by atoms with Gasteiger partial charge in [-0.1, -0.05) is 58.0 Å². The lowest BCUT2D eigenvalue weighted by atomic mass is 9.93. The summed E-state index contributed by atoms with van der Waals surface area (Å²) in [7, 11) is -1.06. The summed E-state index contributed by atoms with van der Waals surface area (Å²) in [5.74, 6) is -1.65. The fraction of sp³-hybridized carbons (Fsp3) is 0.500. The van der Waals surface area contributed by atoms with Crippen LogP contribution in [0.25, 0.3) is 0 Å². The Bertz CT molecular complexity index is 1240. The van der Waals surface area contributed by atoms with Gasteiger partial charge in [0.15, 0.2) is 5.75 Å². The van der Waals surface area contributed by atoms with Crippen molar-refractivity contribution in [2.75, 3.05) is 52.9 Å². The van der Waals surface area contributed by atoms with Crippen molar-refractivity contribution in [2.24, 2.45) is 5.41 Å². The van der Waals surface area contributed by atoms with Gasteiger partial charge >= 0.3 is 20.5 Å². The Kier molecular flexibility index (Phi) is 26.3. The number of carbonyl (C=O) groups excluding carboxylic acids is 2. The molecule has 1 fully saturated rings. The number of ether oxygens (including phenoxy) is 2. The van der Waals surface area contributed by atoms with E-state index in [1.165, 1.54) is 0 Å². The van der Waals surface area contributed by atoms with Gasteiger partial charge in [-0.2, -0.15) is 0 Å². The van der Waals surface area contributed by atoms with Crippen LogP contribution < -0.4 is 0 Å². The van der Waals surface area contributed by atoms with Gasteiger partial charge < -0.3 is 48.6 Å². The Labute approximate surface area is 349 Å². The van der Waals surface area contributed by atoms with Gasteiger partial charge in [0, 0.05) is 17.9 Å². The summed E-state index contributed by atoms with van der Waals surface area (Å²) in [6, 6.07) is 0. The number of hydrogen-bond donors (Lipinski definition) is 5. The molecule has 0 amide bonds. The normalized spacial score (nSPS) is 14.2. The van der Waals surface area contributed by atoms with Crippen molar-refractivity contribution < 1.29 is 58.2 Å². The van der Waals surface area contributed by atoms with Gasteiger partial charge in [0.25, 0.3) is 0 Å². The molecule has 4 rings (SSSR count). The quantitative estimate of drug-likeness (QED) is 0.0380. The number of rotatable bonds is 10. The maximum Gasteiger partial charge on any atom is 0.348 e. The molecule has 50 heavy (non-hydrogen) atoms. The molecule has 1 atom stereocenters. The van der Waals surface area contributed by atoms with E-state index in [1.807, 2.05) is 20.8 Å². The number of aromatic hydroxyl groups is 1. The number of phenolic OH excluding ortho intramolecular Hbond substituents is 1. The fourth-order valence-corrected chi connectivity index (χ4v) is 7.05. The van der Waals surface area contributed by atoms with Crippen molar-refractivity contribution in [3.63, 3.8) is 0 Å². The molecule has 2 aromatic rings. The standard InChI is InChI=1S/C8Br4O3.C6HCl5O.C6H15O3P.C5H12O4.C3H6O/c9-3-1-2(8(14)15-7(1)13)4(10)6(12)5(3)11;7-1-2(8)4(10)6(12)5(11)3(1)9;1-4-7-10(8-5-2)9-6-3;6-1-5(2-7,3-8)4-9;1-3-2-4-3/h;12H;4-6H2,1-3H3;6-9H,1-4H2;3H,2H2,1H3. The molecule has 286 valence electrons. The minimum atomic E-state index is -1.11. The first-order valence-corrected chi connectivity index (χ1v) is 20.1. The van der Waals surface area contributed by atoms with E-state index in [0.29, 0.717) is 43.8 Å². The number of hydrogen-bond acceptors (Lipinski definition) is 12. The van der Waals surface area contributed by atoms with Gasteiger partial charge in [-0.05, 0) is 91.4 Å². The van der Waals surface area contributed by atoms with Gasteiger partial charge in [0.1, 0.15) is 10.0 Å². The SMILES string of the molecule is CC1CO1.CCOP(OCC)OCC.O=C1OC(=O)c2c(Br)c(Br)c(Br)c(Br)c21.OCC(CO)(CO)CO.Oc1c(Cl)c(Cl)c(Cl)c(Cl)c1Cl. The zero-order chi connectivity index (χ0) is 38.9. The van der Waals surface area contributed by atoms with Crippen LogP contribution in [-0.2, 0) is 23.0 Å². The monoisotopic (exact) mass is 1080 g/mol. The summed E-state index contributed by atoms with van der Waals surface area (Å²) in [6.07, 6.45) is 0.583. The largest absolute Gasteiger partial charge is 0.505 e. The first kappa shape index (κ1) is 50.9. The van der Waals surface area contributed by atoms with Gasteiger partial charge in [0.05, 0.1) is 90.6 Å². The molecular weight excluding hydrogens is 1060 g/mol. The van der Waals surface area contributed by atoms with Gasteiger partial charge in [0.2, 0.25) is 0 Å². The van der Waals surface area contributed by atoms with E-state index in [-0.39, 0.29) is 42.0 Å². The second-order valence-corrected chi connectivity index (χ2v) is 15.6. The summed E-state index contributed by atoms with van der Waals surface area (Å²) in [6.45, 7) is 9.12. The Hall–Kier alpha value is 0.860. The van der Waals surface area contributed by atoms with Crippen LogP contribution >= 0.6 is 130 Å². The van der Waals surface area contributed by atoms with Crippen LogP contribution in [0.2, 0.25) is 25.1 Å². The lowest BCUT2D eigenvalue weighted by molar-refractivity contribution is -0.0328. The topological polar surface area (TPSA) is 185 Å². The molecule has 22 heteroatoms. The van der Waals surface area contributed by atoms with Crippen molar-refractivity contribution in [1.29, 1.82) is 0 Å². The van der Waals surface area contributed by atoms with Crippen LogP contribution in [0.3, 0.4) is 0 Å². The minimum Gasteiger partial charge on any atom is -0.505 e. The van der Waals surface area contributed by atoms with E-state index >= 15 is 0 Å². The van der Waals surface area contributed by atoms with Gasteiger partial charge in [-0.3, -0.25) is 0 Å². The van der Waals surface area contributed by atoms with E-state index in [9.17, 15) is 14.7 Å². The second-order valence-electron chi connectivity index (χ2n) is 9.35. The van der Waals surface area contributed by atoms with E-state index in [2.05, 4.69) is 75.4 Å². The summed E-state index contributed by atoms with van der Waals surface area (Å²) >= 11 is 40.9. The third kappa shape index (κ3) is 15.5. The molecule has 5 N–H and O–H groups in total. The third-order valence-electron chi connectivity index (χ3n) is 5.59. The maximum atomic E-state index is 11.4. The molecule has 0 bridgehead atoms. The molecule has 2 aliphatic rings. The van der Waals surface area contributed by atoms with Crippen LogP contribution in [0.4, 0.5) is 0 Å². The third-order valence-corrected chi connectivity index (χ3v) is 14.0. The number of epoxide rings is 1. The number of cyclic esters (lactones) is 2. The van der Waals surface area contributed by atoms with E-state index in [4.69, 9.17) is 96.7 Å². The average Bonchev–Trinajstić information content (AvgIpc) is 3.83. The smallest absolute Gasteiger partial charge is 0.348 e. The number of phenols is 1. The zero-order valence-electron chi connectivity index (χ0n) is 26.7. The van der Waals surface area contributed by atoms with Crippen molar-refractivity contribution in [3.8, 4) is 5.75 Å². The maximum absolute atomic E-state index is 11.4. The van der Waals surface area contributed by atoms with Crippen molar-refractivity contribution in [2.45, 2.75) is 33.8 Å². The number of esters is 2.